The summed E-state index contributed by atoms with van der Waals surface area (Å²) in [5.41, 5.74) is 0. The van der Waals surface area contributed by atoms with Gasteiger partial charge in [-0.15, -0.1) is 0 Å². The second-order valence-corrected chi connectivity index (χ2v) is 3.29. The van der Waals surface area contributed by atoms with E-state index in [9.17, 15) is 20.1 Å². The lowest BCUT2D eigenvalue weighted by Crippen LogP contribution is -2.57. The highest BCUT2D eigenvalue weighted by Crippen LogP contribution is 2.21. The summed E-state index contributed by atoms with van der Waals surface area (Å²) in [6, 6.07) is 0. The molecule has 0 radical (unpaired) electrons. The molecule has 14 heavy (non-hydrogen) atoms. The fourth-order valence-electron chi connectivity index (χ4n) is 1.34. The van der Waals surface area contributed by atoms with E-state index in [0.29, 0.717) is 0 Å². The lowest BCUT2D eigenvalue weighted by atomic mass is 10.00. The van der Waals surface area contributed by atoms with Crippen LogP contribution in [0.5, 0.6) is 0 Å². The summed E-state index contributed by atoms with van der Waals surface area (Å²) in [5.74, 6) is -0.630. The first kappa shape index (κ1) is 11.4. The maximum absolute atomic E-state index is 10.6. The van der Waals surface area contributed by atoms with E-state index in [-0.39, 0.29) is 0 Å². The molecule has 6 heteroatoms. The summed E-state index contributed by atoms with van der Waals surface area (Å²) in [4.78, 5) is 10.6. The monoisotopic (exact) mass is 206 g/mol. The lowest BCUT2D eigenvalue weighted by molar-refractivity contribution is -0.281. The lowest BCUT2D eigenvalue weighted by Gasteiger charge is -2.38. The zero-order chi connectivity index (χ0) is 10.9. The highest BCUT2D eigenvalue weighted by atomic mass is 16.6. The Morgan fingerprint density at radius 3 is 2.36 bits per heavy atom. The van der Waals surface area contributed by atoms with Crippen LogP contribution in [0, 0.1) is 0 Å². The SMILES string of the molecule is CC(=O)O[C@@H]1[C@@H](O)[C@H](C)O[C@H](O)[C@H]1O. The van der Waals surface area contributed by atoms with Crippen molar-refractivity contribution in [3.8, 4) is 0 Å². The minimum absolute atomic E-state index is 0.630. The van der Waals surface area contributed by atoms with Crippen LogP contribution in [0.4, 0.5) is 0 Å². The molecule has 1 fully saturated rings. The van der Waals surface area contributed by atoms with Crippen LogP contribution >= 0.6 is 0 Å². The third kappa shape index (κ3) is 2.21. The van der Waals surface area contributed by atoms with Gasteiger partial charge in [-0.25, -0.2) is 0 Å². The molecule has 0 bridgehead atoms. The van der Waals surface area contributed by atoms with E-state index in [2.05, 4.69) is 4.74 Å². The first-order valence-electron chi connectivity index (χ1n) is 4.30. The average molecular weight is 206 g/mol. The molecule has 1 aliphatic rings. The van der Waals surface area contributed by atoms with Gasteiger partial charge in [0.1, 0.15) is 12.2 Å². The quantitative estimate of drug-likeness (QED) is 0.446. The Balaban J connectivity index is 2.71. The molecule has 0 aromatic heterocycles. The Morgan fingerprint density at radius 1 is 1.29 bits per heavy atom. The van der Waals surface area contributed by atoms with Crippen molar-refractivity contribution in [2.75, 3.05) is 0 Å². The predicted molar refractivity (Wildman–Crippen MR) is 44.1 cm³/mol. The van der Waals surface area contributed by atoms with E-state index < -0.39 is 36.7 Å². The fraction of sp³-hybridized carbons (Fsp3) is 0.875. The van der Waals surface area contributed by atoms with Crippen molar-refractivity contribution in [3.63, 3.8) is 0 Å². The molecule has 1 saturated heterocycles. The zero-order valence-electron chi connectivity index (χ0n) is 7.95. The van der Waals surface area contributed by atoms with Gasteiger partial charge in [0.15, 0.2) is 12.4 Å². The third-order valence-corrected chi connectivity index (χ3v) is 2.10. The van der Waals surface area contributed by atoms with Gasteiger partial charge in [-0.1, -0.05) is 0 Å². The van der Waals surface area contributed by atoms with Crippen molar-refractivity contribution < 1.29 is 29.6 Å². The number of ether oxygens (including phenoxy) is 2. The molecule has 0 saturated carbocycles. The first-order valence-corrected chi connectivity index (χ1v) is 4.30. The van der Waals surface area contributed by atoms with Crippen molar-refractivity contribution in [1.29, 1.82) is 0 Å². The van der Waals surface area contributed by atoms with Crippen LogP contribution in [-0.2, 0) is 14.3 Å². The Labute approximate surface area is 81.1 Å². The van der Waals surface area contributed by atoms with Gasteiger partial charge in [0.25, 0.3) is 0 Å². The van der Waals surface area contributed by atoms with E-state index in [0.717, 1.165) is 6.92 Å². The molecule has 0 aliphatic carbocycles. The molecule has 6 nitrogen and oxygen atoms in total. The van der Waals surface area contributed by atoms with Crippen molar-refractivity contribution >= 4 is 5.97 Å². The third-order valence-electron chi connectivity index (χ3n) is 2.10. The van der Waals surface area contributed by atoms with Crippen molar-refractivity contribution in [3.05, 3.63) is 0 Å². The van der Waals surface area contributed by atoms with Gasteiger partial charge in [-0.05, 0) is 6.92 Å². The molecule has 0 aromatic rings. The first-order chi connectivity index (χ1) is 6.43. The van der Waals surface area contributed by atoms with Crippen LogP contribution in [0.3, 0.4) is 0 Å². The molecule has 0 aromatic carbocycles. The van der Waals surface area contributed by atoms with Gasteiger partial charge in [0.2, 0.25) is 0 Å². The highest BCUT2D eigenvalue weighted by Gasteiger charge is 2.44. The number of aliphatic hydroxyl groups excluding tert-OH is 3. The second kappa shape index (κ2) is 4.22. The van der Waals surface area contributed by atoms with Crippen molar-refractivity contribution in [1.82, 2.24) is 0 Å². The topological polar surface area (TPSA) is 96.2 Å². The average Bonchev–Trinajstić information content (AvgIpc) is 2.09. The largest absolute Gasteiger partial charge is 0.457 e. The van der Waals surface area contributed by atoms with E-state index in [1.165, 1.54) is 6.92 Å². The number of carbonyl (C=O) groups is 1. The van der Waals surface area contributed by atoms with E-state index in [1.807, 2.05) is 0 Å². The zero-order valence-corrected chi connectivity index (χ0v) is 7.95. The fourth-order valence-corrected chi connectivity index (χ4v) is 1.34. The maximum atomic E-state index is 10.6. The van der Waals surface area contributed by atoms with E-state index in [1.54, 1.807) is 0 Å². The summed E-state index contributed by atoms with van der Waals surface area (Å²) in [7, 11) is 0. The maximum Gasteiger partial charge on any atom is 0.303 e. The molecule has 3 N–H and O–H groups in total. The van der Waals surface area contributed by atoms with E-state index >= 15 is 0 Å². The number of esters is 1. The van der Waals surface area contributed by atoms with Crippen molar-refractivity contribution in [2.24, 2.45) is 0 Å². The summed E-state index contributed by atoms with van der Waals surface area (Å²) < 4.78 is 9.46. The number of aliphatic hydroxyl groups is 3. The van der Waals surface area contributed by atoms with Crippen molar-refractivity contribution in [2.45, 2.75) is 44.6 Å². The van der Waals surface area contributed by atoms with Gasteiger partial charge >= 0.3 is 5.97 Å². The smallest absolute Gasteiger partial charge is 0.303 e. The summed E-state index contributed by atoms with van der Waals surface area (Å²) in [5, 5.41) is 28.0. The summed E-state index contributed by atoms with van der Waals surface area (Å²) in [6.07, 6.45) is -5.86. The van der Waals surface area contributed by atoms with Crippen LogP contribution in [0.2, 0.25) is 0 Å². The van der Waals surface area contributed by atoms with E-state index in [4.69, 9.17) is 4.74 Å². The summed E-state index contributed by atoms with van der Waals surface area (Å²) >= 11 is 0. The highest BCUT2D eigenvalue weighted by molar-refractivity contribution is 5.66. The van der Waals surface area contributed by atoms with Gasteiger partial charge in [0, 0.05) is 6.92 Å². The molecule has 1 heterocycles. The van der Waals surface area contributed by atoms with Crippen LogP contribution in [0.1, 0.15) is 13.8 Å². The van der Waals surface area contributed by atoms with Gasteiger partial charge in [0.05, 0.1) is 6.10 Å². The van der Waals surface area contributed by atoms with Crippen LogP contribution in [0.15, 0.2) is 0 Å². The van der Waals surface area contributed by atoms with Crippen LogP contribution in [0.25, 0.3) is 0 Å². The molecule has 1 aliphatic heterocycles. The summed E-state index contributed by atoms with van der Waals surface area (Å²) in [6.45, 7) is 2.67. The molecule has 0 spiro atoms. The van der Waals surface area contributed by atoms with Crippen LogP contribution < -0.4 is 0 Å². The molecule has 1 rings (SSSR count). The predicted octanol–water partition coefficient (Wildman–Crippen LogP) is -1.62. The Hall–Kier alpha value is -0.690. The van der Waals surface area contributed by atoms with Gasteiger partial charge in [-0.2, -0.15) is 0 Å². The minimum Gasteiger partial charge on any atom is -0.457 e. The second-order valence-electron chi connectivity index (χ2n) is 3.29. The van der Waals surface area contributed by atoms with Gasteiger partial charge < -0.3 is 24.8 Å². The minimum atomic E-state index is -1.45. The molecule has 82 valence electrons. The Bertz CT molecular complexity index is 204. The number of hydrogen-bond donors (Lipinski definition) is 3. The number of carbonyl (C=O) groups excluding carboxylic acids is 1. The number of hydrogen-bond acceptors (Lipinski definition) is 6. The molecular formula is C8H14O6. The van der Waals surface area contributed by atoms with Gasteiger partial charge in [-0.3, -0.25) is 4.79 Å². The Kier molecular flexibility index (Phi) is 3.43. The Morgan fingerprint density at radius 2 is 1.86 bits per heavy atom. The number of rotatable bonds is 1. The van der Waals surface area contributed by atoms with Crippen LogP contribution in [-0.4, -0.2) is 52.0 Å². The molecule has 5 atom stereocenters. The molecular weight excluding hydrogens is 192 g/mol. The molecule has 0 unspecified atom stereocenters. The normalized spacial score (nSPS) is 43.4. The standard InChI is InChI=1S/C8H14O6/c1-3-5(10)7(14-4(2)9)6(11)8(12)13-3/h3,5-8,10-12H,1-2H3/t3-,5-,6-,7+,8-/m0/s1. The molecule has 0 amide bonds.